The van der Waals surface area contributed by atoms with Crippen LogP contribution in [0.4, 0.5) is 0 Å². The molecule has 0 amide bonds. The Bertz CT molecular complexity index is 464. The number of nitrogens with one attached hydrogen (secondary N) is 1. The first-order valence-corrected chi connectivity index (χ1v) is 8.86. The summed E-state index contributed by atoms with van der Waals surface area (Å²) >= 11 is 0. The third kappa shape index (κ3) is 6.32. The standard InChI is InChI=1S/C19H30N2O2/c1-3-8-17-11-18(20-12-16-9-6-5-7-10-16)14-21(13-17)15-19(22)23-4-2/h5-7,9-10,17-18,20H,3-4,8,11-15H2,1-2H3. The zero-order valence-corrected chi connectivity index (χ0v) is 14.5. The number of ether oxygens (including phenoxy) is 1. The average Bonchev–Trinajstić information content (AvgIpc) is 2.54. The van der Waals surface area contributed by atoms with Gasteiger partial charge in [0.15, 0.2) is 0 Å². The Morgan fingerprint density at radius 3 is 2.74 bits per heavy atom. The molecule has 4 nitrogen and oxygen atoms in total. The number of carbonyl (C=O) groups excluding carboxylic acids is 1. The third-order valence-corrected chi connectivity index (χ3v) is 4.41. The van der Waals surface area contributed by atoms with Crippen molar-refractivity contribution >= 4 is 5.97 Å². The number of carbonyl (C=O) groups is 1. The second-order valence-corrected chi connectivity index (χ2v) is 6.45. The molecule has 4 heteroatoms. The van der Waals surface area contributed by atoms with Gasteiger partial charge in [-0.15, -0.1) is 0 Å². The molecule has 1 aliphatic rings. The van der Waals surface area contributed by atoms with Crippen molar-refractivity contribution in [2.24, 2.45) is 5.92 Å². The van der Waals surface area contributed by atoms with Crippen LogP contribution in [0.1, 0.15) is 38.7 Å². The zero-order valence-electron chi connectivity index (χ0n) is 14.5. The van der Waals surface area contributed by atoms with E-state index in [2.05, 4.69) is 41.4 Å². The first-order valence-electron chi connectivity index (χ1n) is 8.86. The summed E-state index contributed by atoms with van der Waals surface area (Å²) in [4.78, 5) is 14.0. The Kier molecular flexibility index (Phi) is 7.56. The molecular formula is C19H30N2O2. The molecule has 0 radical (unpaired) electrons. The molecule has 0 aliphatic carbocycles. The first kappa shape index (κ1) is 18.0. The highest BCUT2D eigenvalue weighted by Crippen LogP contribution is 2.21. The molecule has 128 valence electrons. The summed E-state index contributed by atoms with van der Waals surface area (Å²) in [5, 5.41) is 3.67. The highest BCUT2D eigenvalue weighted by Gasteiger charge is 2.27. The predicted molar refractivity (Wildman–Crippen MR) is 93.2 cm³/mol. The summed E-state index contributed by atoms with van der Waals surface area (Å²) in [6.45, 7) is 7.78. The minimum atomic E-state index is -0.105. The summed E-state index contributed by atoms with van der Waals surface area (Å²) in [5.74, 6) is 0.558. The molecule has 1 N–H and O–H groups in total. The third-order valence-electron chi connectivity index (χ3n) is 4.41. The number of benzene rings is 1. The summed E-state index contributed by atoms with van der Waals surface area (Å²) in [5.41, 5.74) is 1.31. The van der Waals surface area contributed by atoms with E-state index in [4.69, 9.17) is 4.74 Å². The van der Waals surface area contributed by atoms with Crippen LogP contribution in [0.25, 0.3) is 0 Å². The molecule has 0 saturated carbocycles. The van der Waals surface area contributed by atoms with Gasteiger partial charge >= 0.3 is 5.97 Å². The quantitative estimate of drug-likeness (QED) is 0.748. The second-order valence-electron chi connectivity index (χ2n) is 6.45. The first-order chi connectivity index (χ1) is 11.2. The van der Waals surface area contributed by atoms with Gasteiger partial charge in [0, 0.05) is 25.7 Å². The molecule has 1 aliphatic heterocycles. The Morgan fingerprint density at radius 2 is 2.04 bits per heavy atom. The lowest BCUT2D eigenvalue weighted by Crippen LogP contribution is -2.50. The van der Waals surface area contributed by atoms with Crippen LogP contribution in [-0.2, 0) is 16.1 Å². The highest BCUT2D eigenvalue weighted by atomic mass is 16.5. The Balaban J connectivity index is 1.88. The van der Waals surface area contributed by atoms with Gasteiger partial charge in [-0.3, -0.25) is 9.69 Å². The maximum Gasteiger partial charge on any atom is 0.320 e. The number of hydrogen-bond donors (Lipinski definition) is 1. The lowest BCUT2D eigenvalue weighted by Gasteiger charge is -2.37. The van der Waals surface area contributed by atoms with Gasteiger partial charge in [-0.1, -0.05) is 43.7 Å². The zero-order chi connectivity index (χ0) is 16.5. The fourth-order valence-corrected chi connectivity index (χ4v) is 3.44. The Labute approximate surface area is 140 Å². The van der Waals surface area contributed by atoms with E-state index >= 15 is 0 Å². The summed E-state index contributed by atoms with van der Waals surface area (Å²) in [7, 11) is 0. The van der Waals surface area contributed by atoms with E-state index in [0.29, 0.717) is 25.1 Å². The normalized spacial score (nSPS) is 22.0. The monoisotopic (exact) mass is 318 g/mol. The van der Waals surface area contributed by atoms with Crippen molar-refractivity contribution in [2.75, 3.05) is 26.2 Å². The number of esters is 1. The average molecular weight is 318 g/mol. The van der Waals surface area contributed by atoms with Crippen LogP contribution in [0.3, 0.4) is 0 Å². The molecular weight excluding hydrogens is 288 g/mol. The van der Waals surface area contributed by atoms with E-state index in [1.54, 1.807) is 0 Å². The van der Waals surface area contributed by atoms with E-state index < -0.39 is 0 Å². The van der Waals surface area contributed by atoms with Gasteiger partial charge in [0.25, 0.3) is 0 Å². The van der Waals surface area contributed by atoms with E-state index in [9.17, 15) is 4.79 Å². The topological polar surface area (TPSA) is 41.6 Å². The lowest BCUT2D eigenvalue weighted by molar-refractivity contribution is -0.145. The Hall–Kier alpha value is -1.39. The molecule has 2 unspecified atom stereocenters. The largest absolute Gasteiger partial charge is 0.465 e. The van der Waals surface area contributed by atoms with Crippen LogP contribution in [0.5, 0.6) is 0 Å². The fourth-order valence-electron chi connectivity index (χ4n) is 3.44. The Morgan fingerprint density at radius 1 is 1.26 bits per heavy atom. The van der Waals surface area contributed by atoms with Gasteiger partial charge in [0.2, 0.25) is 0 Å². The number of nitrogens with zero attached hydrogens (tertiary/aromatic N) is 1. The van der Waals surface area contributed by atoms with Crippen molar-refractivity contribution in [2.45, 2.75) is 45.7 Å². The molecule has 2 rings (SSSR count). The molecule has 1 saturated heterocycles. The lowest BCUT2D eigenvalue weighted by atomic mass is 9.90. The van der Waals surface area contributed by atoms with Crippen LogP contribution in [0, 0.1) is 5.92 Å². The molecule has 0 spiro atoms. The highest BCUT2D eigenvalue weighted by molar-refractivity contribution is 5.71. The molecule has 0 bridgehead atoms. The van der Waals surface area contributed by atoms with Crippen molar-refractivity contribution < 1.29 is 9.53 Å². The predicted octanol–water partition coefficient (Wildman–Crippen LogP) is 2.83. The minimum Gasteiger partial charge on any atom is -0.465 e. The van der Waals surface area contributed by atoms with E-state index in [1.165, 1.54) is 24.8 Å². The molecule has 1 heterocycles. The summed E-state index contributed by atoms with van der Waals surface area (Å²) in [6, 6.07) is 10.9. The molecule has 1 aromatic carbocycles. The fraction of sp³-hybridized carbons (Fsp3) is 0.632. The van der Waals surface area contributed by atoms with Crippen molar-refractivity contribution in [3.63, 3.8) is 0 Å². The van der Waals surface area contributed by atoms with Crippen LogP contribution >= 0.6 is 0 Å². The summed E-state index contributed by atoms with van der Waals surface area (Å²) < 4.78 is 5.10. The van der Waals surface area contributed by atoms with Gasteiger partial charge in [0.1, 0.15) is 0 Å². The van der Waals surface area contributed by atoms with Crippen LogP contribution in [0.2, 0.25) is 0 Å². The van der Waals surface area contributed by atoms with Crippen molar-refractivity contribution in [3.05, 3.63) is 35.9 Å². The number of hydrogen-bond acceptors (Lipinski definition) is 4. The molecule has 1 aromatic rings. The minimum absolute atomic E-state index is 0.105. The van der Waals surface area contributed by atoms with E-state index in [0.717, 1.165) is 19.6 Å². The number of rotatable bonds is 8. The SMILES string of the molecule is CCCC1CC(NCc2ccccc2)CN(CC(=O)OCC)C1. The summed E-state index contributed by atoms with van der Waals surface area (Å²) in [6.07, 6.45) is 3.62. The number of likely N-dealkylation sites (tertiary alicyclic amines) is 1. The number of piperidine rings is 1. The molecule has 1 fully saturated rings. The van der Waals surface area contributed by atoms with Gasteiger partial charge in [0.05, 0.1) is 13.2 Å². The van der Waals surface area contributed by atoms with Crippen molar-refractivity contribution in [1.29, 1.82) is 0 Å². The van der Waals surface area contributed by atoms with Crippen molar-refractivity contribution in [3.8, 4) is 0 Å². The smallest absolute Gasteiger partial charge is 0.320 e. The molecule has 0 aromatic heterocycles. The van der Waals surface area contributed by atoms with E-state index in [-0.39, 0.29) is 5.97 Å². The van der Waals surface area contributed by atoms with E-state index in [1.807, 2.05) is 13.0 Å². The van der Waals surface area contributed by atoms with Crippen molar-refractivity contribution in [1.82, 2.24) is 10.2 Å². The van der Waals surface area contributed by atoms with Crippen LogP contribution < -0.4 is 5.32 Å². The van der Waals surface area contributed by atoms with Gasteiger partial charge in [-0.05, 0) is 31.2 Å². The maximum atomic E-state index is 11.8. The van der Waals surface area contributed by atoms with Gasteiger partial charge < -0.3 is 10.1 Å². The second kappa shape index (κ2) is 9.68. The molecule has 2 atom stereocenters. The maximum absolute atomic E-state index is 11.8. The van der Waals surface area contributed by atoms with Crippen LogP contribution in [-0.4, -0.2) is 43.2 Å². The van der Waals surface area contributed by atoms with Crippen LogP contribution in [0.15, 0.2) is 30.3 Å². The van der Waals surface area contributed by atoms with Gasteiger partial charge in [-0.2, -0.15) is 0 Å². The molecule has 23 heavy (non-hydrogen) atoms. The van der Waals surface area contributed by atoms with Gasteiger partial charge in [-0.25, -0.2) is 0 Å².